The summed E-state index contributed by atoms with van der Waals surface area (Å²) in [5.74, 6) is 0.932. The van der Waals surface area contributed by atoms with Crippen molar-refractivity contribution in [1.82, 2.24) is 14.7 Å². The zero-order chi connectivity index (χ0) is 20.1. The lowest BCUT2D eigenvalue weighted by Gasteiger charge is -2.36. The summed E-state index contributed by atoms with van der Waals surface area (Å²) in [6, 6.07) is 6.02. The number of nitrogens with one attached hydrogen (secondary N) is 1. The van der Waals surface area contributed by atoms with E-state index in [1.807, 2.05) is 36.9 Å². The predicted molar refractivity (Wildman–Crippen MR) is 112 cm³/mol. The number of carbonyl (C=O) groups is 2. The number of piperidine rings is 1. The number of amides is 2. The Balaban J connectivity index is 1.42. The van der Waals surface area contributed by atoms with Crippen LogP contribution in [0.5, 0.6) is 0 Å². The van der Waals surface area contributed by atoms with E-state index in [-0.39, 0.29) is 11.8 Å². The topological polar surface area (TPSA) is 55.9 Å². The number of aryl methyl sites for hydroxylation is 2. The Morgan fingerprint density at radius 2 is 1.68 bits per heavy atom. The van der Waals surface area contributed by atoms with Gasteiger partial charge in [-0.3, -0.25) is 19.4 Å². The van der Waals surface area contributed by atoms with Gasteiger partial charge in [-0.15, -0.1) is 0 Å². The maximum Gasteiger partial charge on any atom is 0.238 e. The normalized spacial score (nSPS) is 21.5. The van der Waals surface area contributed by atoms with E-state index in [0.29, 0.717) is 32.1 Å². The molecule has 6 heteroatoms. The van der Waals surface area contributed by atoms with Crippen molar-refractivity contribution in [2.45, 2.75) is 33.6 Å². The summed E-state index contributed by atoms with van der Waals surface area (Å²) in [6.45, 7) is 12.2. The first-order valence-corrected chi connectivity index (χ1v) is 10.5. The van der Waals surface area contributed by atoms with Crippen molar-refractivity contribution in [3.63, 3.8) is 0 Å². The second-order valence-electron chi connectivity index (χ2n) is 8.45. The maximum absolute atomic E-state index is 12.6. The van der Waals surface area contributed by atoms with Crippen LogP contribution in [0.25, 0.3) is 0 Å². The molecule has 1 aromatic rings. The fourth-order valence-corrected chi connectivity index (χ4v) is 4.27. The summed E-state index contributed by atoms with van der Waals surface area (Å²) in [7, 11) is 0. The average molecular weight is 387 g/mol. The molecule has 2 amide bonds. The van der Waals surface area contributed by atoms with Crippen LogP contribution in [0.1, 0.15) is 30.9 Å². The lowest BCUT2D eigenvalue weighted by atomic mass is 10.0. The van der Waals surface area contributed by atoms with Crippen molar-refractivity contribution in [2.75, 3.05) is 57.7 Å². The van der Waals surface area contributed by atoms with Gasteiger partial charge in [0.15, 0.2) is 0 Å². The van der Waals surface area contributed by atoms with Crippen LogP contribution < -0.4 is 5.32 Å². The van der Waals surface area contributed by atoms with E-state index in [1.165, 1.54) is 12.8 Å². The number of nitrogens with zero attached hydrogens (tertiary/aromatic N) is 3. The van der Waals surface area contributed by atoms with Crippen molar-refractivity contribution in [1.29, 1.82) is 0 Å². The second kappa shape index (κ2) is 9.52. The summed E-state index contributed by atoms with van der Waals surface area (Å²) < 4.78 is 0. The van der Waals surface area contributed by atoms with Gasteiger partial charge >= 0.3 is 0 Å². The quantitative estimate of drug-likeness (QED) is 0.842. The number of rotatable bonds is 5. The third-order valence-corrected chi connectivity index (χ3v) is 5.94. The summed E-state index contributed by atoms with van der Waals surface area (Å²) in [6.07, 6.45) is 2.46. The smallest absolute Gasteiger partial charge is 0.238 e. The third kappa shape index (κ3) is 5.55. The van der Waals surface area contributed by atoms with E-state index in [4.69, 9.17) is 0 Å². The van der Waals surface area contributed by atoms with Gasteiger partial charge in [0.2, 0.25) is 11.8 Å². The van der Waals surface area contributed by atoms with Crippen molar-refractivity contribution >= 4 is 17.5 Å². The summed E-state index contributed by atoms with van der Waals surface area (Å²) >= 11 is 0. The first-order valence-electron chi connectivity index (χ1n) is 10.5. The summed E-state index contributed by atoms with van der Waals surface area (Å²) in [5.41, 5.74) is 3.07. The monoisotopic (exact) mass is 386 g/mol. The van der Waals surface area contributed by atoms with Crippen LogP contribution >= 0.6 is 0 Å². The summed E-state index contributed by atoms with van der Waals surface area (Å²) in [4.78, 5) is 31.4. The molecule has 0 aromatic heterocycles. The minimum atomic E-state index is 0.0134. The van der Waals surface area contributed by atoms with Gasteiger partial charge < -0.3 is 10.2 Å². The van der Waals surface area contributed by atoms with Gasteiger partial charge in [0.05, 0.1) is 13.1 Å². The van der Waals surface area contributed by atoms with Crippen LogP contribution in [-0.4, -0.2) is 78.9 Å². The number of carbonyl (C=O) groups excluding carboxylic acids is 2. The van der Waals surface area contributed by atoms with Gasteiger partial charge in [-0.1, -0.05) is 25.1 Å². The molecule has 1 aromatic carbocycles. The Labute approximate surface area is 168 Å². The number of piperazine rings is 1. The van der Waals surface area contributed by atoms with E-state index in [1.54, 1.807) is 0 Å². The highest BCUT2D eigenvalue weighted by molar-refractivity contribution is 5.93. The zero-order valence-corrected chi connectivity index (χ0v) is 17.5. The first-order chi connectivity index (χ1) is 13.4. The molecule has 6 nitrogen and oxygen atoms in total. The fourth-order valence-electron chi connectivity index (χ4n) is 4.27. The number of benzene rings is 1. The van der Waals surface area contributed by atoms with E-state index in [9.17, 15) is 9.59 Å². The van der Waals surface area contributed by atoms with Gasteiger partial charge in [0, 0.05) is 38.4 Å². The van der Waals surface area contributed by atoms with Crippen LogP contribution in [0.2, 0.25) is 0 Å². The molecule has 0 radical (unpaired) electrons. The van der Waals surface area contributed by atoms with E-state index < -0.39 is 0 Å². The largest absolute Gasteiger partial charge is 0.339 e. The van der Waals surface area contributed by atoms with Gasteiger partial charge in [-0.25, -0.2) is 0 Å². The molecule has 2 aliphatic rings. The molecular weight excluding hydrogens is 352 g/mol. The Morgan fingerprint density at radius 3 is 2.32 bits per heavy atom. The molecule has 0 spiro atoms. The number of para-hydroxylation sites is 1. The zero-order valence-electron chi connectivity index (χ0n) is 17.5. The lowest BCUT2D eigenvalue weighted by Crippen LogP contribution is -2.53. The van der Waals surface area contributed by atoms with Gasteiger partial charge in [-0.05, 0) is 50.3 Å². The van der Waals surface area contributed by atoms with E-state index >= 15 is 0 Å². The number of likely N-dealkylation sites (tertiary alicyclic amines) is 1. The van der Waals surface area contributed by atoms with E-state index in [0.717, 1.165) is 43.0 Å². The number of hydrogen-bond donors (Lipinski definition) is 1. The van der Waals surface area contributed by atoms with Gasteiger partial charge in [0.25, 0.3) is 0 Å². The molecule has 2 saturated heterocycles. The minimum Gasteiger partial charge on any atom is -0.339 e. The Kier molecular flexibility index (Phi) is 7.08. The highest BCUT2D eigenvalue weighted by atomic mass is 16.2. The predicted octanol–water partition coefficient (Wildman–Crippen LogP) is 2.12. The maximum atomic E-state index is 12.6. The number of anilines is 1. The molecule has 0 bridgehead atoms. The second-order valence-corrected chi connectivity index (χ2v) is 8.45. The molecule has 0 saturated carbocycles. The van der Waals surface area contributed by atoms with Crippen molar-refractivity contribution in [3.05, 3.63) is 29.3 Å². The van der Waals surface area contributed by atoms with Crippen molar-refractivity contribution < 1.29 is 9.59 Å². The van der Waals surface area contributed by atoms with Crippen LogP contribution in [0, 0.1) is 19.8 Å². The Morgan fingerprint density at radius 1 is 1.00 bits per heavy atom. The fraction of sp³-hybridized carbons (Fsp3) is 0.636. The van der Waals surface area contributed by atoms with Gasteiger partial charge in [-0.2, -0.15) is 0 Å². The number of hydrogen-bond acceptors (Lipinski definition) is 4. The molecule has 1 N–H and O–H groups in total. The summed E-state index contributed by atoms with van der Waals surface area (Å²) in [5, 5.41) is 3.05. The lowest BCUT2D eigenvalue weighted by molar-refractivity contribution is -0.134. The molecule has 0 aliphatic carbocycles. The van der Waals surface area contributed by atoms with Crippen LogP contribution in [-0.2, 0) is 9.59 Å². The SMILES string of the molecule is Cc1cccc(C)c1NC(=O)CN1CCN(C(=O)CN2CCC[C@H](C)C2)CC1. The highest BCUT2D eigenvalue weighted by Gasteiger charge is 2.25. The molecule has 1 atom stereocenters. The highest BCUT2D eigenvalue weighted by Crippen LogP contribution is 2.19. The molecular formula is C22H34N4O2. The minimum absolute atomic E-state index is 0.0134. The van der Waals surface area contributed by atoms with Gasteiger partial charge in [0.1, 0.15) is 0 Å². The molecule has 28 heavy (non-hydrogen) atoms. The van der Waals surface area contributed by atoms with Crippen LogP contribution in [0.4, 0.5) is 5.69 Å². The molecule has 0 unspecified atom stereocenters. The van der Waals surface area contributed by atoms with E-state index in [2.05, 4.69) is 22.0 Å². The third-order valence-electron chi connectivity index (χ3n) is 5.94. The average Bonchev–Trinajstić information content (AvgIpc) is 2.65. The van der Waals surface area contributed by atoms with Crippen molar-refractivity contribution in [2.24, 2.45) is 5.92 Å². The van der Waals surface area contributed by atoms with Crippen molar-refractivity contribution in [3.8, 4) is 0 Å². The molecule has 154 valence electrons. The Hall–Kier alpha value is -1.92. The van der Waals surface area contributed by atoms with Crippen LogP contribution in [0.15, 0.2) is 18.2 Å². The van der Waals surface area contributed by atoms with Crippen LogP contribution in [0.3, 0.4) is 0 Å². The first kappa shape index (κ1) is 20.8. The molecule has 3 rings (SSSR count). The molecule has 2 heterocycles. The Bertz CT molecular complexity index is 678. The molecule has 2 aliphatic heterocycles. The standard InChI is InChI=1S/C22H34N4O2/c1-17-6-5-9-25(14-17)16-21(28)26-12-10-24(11-13-26)15-20(27)23-22-18(2)7-4-8-19(22)3/h4,7-8,17H,5-6,9-16H2,1-3H3,(H,23,27)/t17-/m0/s1. The molecule has 2 fully saturated rings.